The van der Waals surface area contributed by atoms with Crippen molar-refractivity contribution in [3.8, 4) is 11.5 Å². The molecule has 0 aromatic heterocycles. The van der Waals surface area contributed by atoms with Crippen molar-refractivity contribution >= 4 is 17.7 Å². The van der Waals surface area contributed by atoms with Crippen molar-refractivity contribution in [2.24, 2.45) is 0 Å². The first-order valence-electron chi connectivity index (χ1n) is 8.34. The van der Waals surface area contributed by atoms with E-state index in [0.29, 0.717) is 6.54 Å². The predicted molar refractivity (Wildman–Crippen MR) is 103 cm³/mol. The topological polar surface area (TPSA) is 47.6 Å². The van der Waals surface area contributed by atoms with Crippen molar-refractivity contribution in [3.05, 3.63) is 54.1 Å². The van der Waals surface area contributed by atoms with E-state index in [4.69, 9.17) is 9.47 Å². The lowest BCUT2D eigenvalue weighted by molar-refractivity contribution is -0.120. The first kappa shape index (κ1) is 19.2. The van der Waals surface area contributed by atoms with Gasteiger partial charge in [-0.2, -0.15) is 0 Å². The Morgan fingerprint density at radius 1 is 1.08 bits per heavy atom. The molecule has 134 valence electrons. The van der Waals surface area contributed by atoms with Crippen LogP contribution in [0.1, 0.15) is 18.9 Å². The van der Waals surface area contributed by atoms with Crippen molar-refractivity contribution in [1.29, 1.82) is 0 Å². The van der Waals surface area contributed by atoms with Gasteiger partial charge in [0, 0.05) is 11.4 Å². The molecular weight excluding hydrogens is 334 g/mol. The second-order valence-electron chi connectivity index (χ2n) is 5.66. The number of carbonyl (C=O) groups excluding carboxylic acids is 1. The standard InChI is InChI=1S/C20H25NO3S/c1-15(25-17-9-5-4-6-10-17)20(22)21-13-7-8-16-11-12-18(23-2)19(14-16)24-3/h4-6,9-12,14-15H,7-8,13H2,1-3H3,(H,21,22). The summed E-state index contributed by atoms with van der Waals surface area (Å²) in [4.78, 5) is 13.3. The Balaban J connectivity index is 1.74. The number of hydrogen-bond acceptors (Lipinski definition) is 4. The lowest BCUT2D eigenvalue weighted by atomic mass is 10.1. The maximum absolute atomic E-state index is 12.2. The van der Waals surface area contributed by atoms with E-state index in [9.17, 15) is 4.79 Å². The normalized spacial score (nSPS) is 11.6. The number of rotatable bonds is 9. The summed E-state index contributed by atoms with van der Waals surface area (Å²) in [6.07, 6.45) is 1.75. The van der Waals surface area contributed by atoms with E-state index in [0.717, 1.165) is 29.2 Å². The molecule has 2 aromatic rings. The number of aryl methyl sites for hydroxylation is 1. The summed E-state index contributed by atoms with van der Waals surface area (Å²) < 4.78 is 10.6. The van der Waals surface area contributed by atoms with Gasteiger partial charge in [-0.3, -0.25) is 4.79 Å². The molecule has 0 radical (unpaired) electrons. The number of nitrogens with one attached hydrogen (secondary N) is 1. The van der Waals surface area contributed by atoms with E-state index in [1.807, 2.05) is 55.5 Å². The molecule has 0 saturated heterocycles. The Bertz CT molecular complexity index is 676. The van der Waals surface area contributed by atoms with Crippen LogP contribution in [0.15, 0.2) is 53.4 Å². The second-order valence-corrected chi connectivity index (χ2v) is 7.07. The Morgan fingerprint density at radius 3 is 2.48 bits per heavy atom. The van der Waals surface area contributed by atoms with Crippen LogP contribution in [0.2, 0.25) is 0 Å². The fourth-order valence-electron chi connectivity index (χ4n) is 2.44. The van der Waals surface area contributed by atoms with E-state index in [1.54, 1.807) is 26.0 Å². The van der Waals surface area contributed by atoms with Crippen LogP contribution in [0.4, 0.5) is 0 Å². The van der Waals surface area contributed by atoms with Gasteiger partial charge in [0.15, 0.2) is 11.5 Å². The molecule has 0 fully saturated rings. The molecular formula is C20H25NO3S. The minimum Gasteiger partial charge on any atom is -0.493 e. The van der Waals surface area contributed by atoms with Gasteiger partial charge in [0.25, 0.3) is 0 Å². The molecule has 2 rings (SSSR count). The molecule has 2 aromatic carbocycles. The molecule has 0 heterocycles. The lowest BCUT2D eigenvalue weighted by Crippen LogP contribution is -2.31. The summed E-state index contributed by atoms with van der Waals surface area (Å²) in [5, 5.41) is 2.90. The average Bonchev–Trinajstić information content (AvgIpc) is 2.65. The van der Waals surface area contributed by atoms with Crippen molar-refractivity contribution in [3.63, 3.8) is 0 Å². The molecule has 1 unspecified atom stereocenters. The quantitative estimate of drug-likeness (QED) is 0.544. The van der Waals surface area contributed by atoms with Gasteiger partial charge >= 0.3 is 0 Å². The fourth-order valence-corrected chi connectivity index (χ4v) is 3.35. The van der Waals surface area contributed by atoms with Gasteiger partial charge in [0.1, 0.15) is 0 Å². The number of amides is 1. The fraction of sp³-hybridized carbons (Fsp3) is 0.350. The first-order valence-corrected chi connectivity index (χ1v) is 9.22. The zero-order valence-electron chi connectivity index (χ0n) is 15.0. The van der Waals surface area contributed by atoms with Crippen molar-refractivity contribution in [2.75, 3.05) is 20.8 Å². The Morgan fingerprint density at radius 2 is 1.80 bits per heavy atom. The van der Waals surface area contributed by atoms with Crippen molar-refractivity contribution < 1.29 is 14.3 Å². The largest absolute Gasteiger partial charge is 0.493 e. The van der Waals surface area contributed by atoms with Gasteiger partial charge in [-0.25, -0.2) is 0 Å². The third kappa shape index (κ3) is 6.02. The Labute approximate surface area is 153 Å². The summed E-state index contributed by atoms with van der Waals surface area (Å²) in [6.45, 7) is 2.59. The highest BCUT2D eigenvalue weighted by Gasteiger charge is 2.13. The zero-order valence-corrected chi connectivity index (χ0v) is 15.8. The number of ether oxygens (including phenoxy) is 2. The van der Waals surface area contributed by atoms with Gasteiger partial charge < -0.3 is 14.8 Å². The molecule has 5 heteroatoms. The van der Waals surface area contributed by atoms with Crippen LogP contribution in [0.3, 0.4) is 0 Å². The highest BCUT2D eigenvalue weighted by atomic mass is 32.2. The van der Waals surface area contributed by atoms with Gasteiger partial charge in [-0.05, 0) is 49.6 Å². The number of methoxy groups -OCH3 is 2. The maximum Gasteiger partial charge on any atom is 0.233 e. The molecule has 1 N–H and O–H groups in total. The van der Waals surface area contributed by atoms with E-state index in [1.165, 1.54) is 5.56 Å². The Kier molecular flexibility index (Phi) is 7.67. The molecule has 0 saturated carbocycles. The van der Waals surface area contributed by atoms with Gasteiger partial charge in [-0.15, -0.1) is 11.8 Å². The third-order valence-corrected chi connectivity index (χ3v) is 4.93. The van der Waals surface area contributed by atoms with E-state index in [2.05, 4.69) is 5.32 Å². The molecule has 1 atom stereocenters. The summed E-state index contributed by atoms with van der Waals surface area (Å²) in [7, 11) is 3.26. The van der Waals surface area contributed by atoms with Crippen LogP contribution in [-0.4, -0.2) is 31.9 Å². The molecule has 4 nitrogen and oxygen atoms in total. The molecule has 0 aliphatic heterocycles. The predicted octanol–water partition coefficient (Wildman–Crippen LogP) is 3.93. The minimum absolute atomic E-state index is 0.0705. The van der Waals surface area contributed by atoms with Crippen LogP contribution < -0.4 is 14.8 Å². The molecule has 0 spiro atoms. The summed E-state index contributed by atoms with van der Waals surface area (Å²) in [5.74, 6) is 1.53. The van der Waals surface area contributed by atoms with Crippen molar-refractivity contribution in [1.82, 2.24) is 5.32 Å². The molecule has 25 heavy (non-hydrogen) atoms. The highest BCUT2D eigenvalue weighted by Crippen LogP contribution is 2.28. The second kappa shape index (κ2) is 9.99. The van der Waals surface area contributed by atoms with Crippen LogP contribution >= 0.6 is 11.8 Å². The summed E-state index contributed by atoms with van der Waals surface area (Å²) >= 11 is 1.57. The van der Waals surface area contributed by atoms with Crippen LogP contribution in [0, 0.1) is 0 Å². The zero-order chi connectivity index (χ0) is 18.1. The minimum atomic E-state index is -0.108. The molecule has 0 aliphatic rings. The van der Waals surface area contributed by atoms with E-state index in [-0.39, 0.29) is 11.2 Å². The van der Waals surface area contributed by atoms with Crippen LogP contribution in [-0.2, 0) is 11.2 Å². The number of hydrogen-bond donors (Lipinski definition) is 1. The average molecular weight is 359 g/mol. The maximum atomic E-state index is 12.2. The SMILES string of the molecule is COc1ccc(CCCNC(=O)C(C)Sc2ccccc2)cc1OC. The van der Waals surface area contributed by atoms with E-state index >= 15 is 0 Å². The lowest BCUT2D eigenvalue weighted by Gasteiger charge is -2.12. The number of thioether (sulfide) groups is 1. The Hall–Kier alpha value is -2.14. The van der Waals surface area contributed by atoms with Crippen LogP contribution in [0.5, 0.6) is 11.5 Å². The van der Waals surface area contributed by atoms with Crippen LogP contribution in [0.25, 0.3) is 0 Å². The molecule has 0 aliphatic carbocycles. The smallest absolute Gasteiger partial charge is 0.233 e. The first-order chi connectivity index (χ1) is 12.1. The third-order valence-electron chi connectivity index (χ3n) is 3.81. The van der Waals surface area contributed by atoms with E-state index < -0.39 is 0 Å². The monoisotopic (exact) mass is 359 g/mol. The van der Waals surface area contributed by atoms with Crippen molar-refractivity contribution in [2.45, 2.75) is 29.9 Å². The summed E-state index contributed by atoms with van der Waals surface area (Å²) in [6, 6.07) is 15.9. The summed E-state index contributed by atoms with van der Waals surface area (Å²) in [5.41, 5.74) is 1.17. The van der Waals surface area contributed by atoms with Gasteiger partial charge in [0.05, 0.1) is 19.5 Å². The number of carbonyl (C=O) groups is 1. The van der Waals surface area contributed by atoms with Gasteiger partial charge in [0.2, 0.25) is 5.91 Å². The number of benzene rings is 2. The van der Waals surface area contributed by atoms with Gasteiger partial charge in [-0.1, -0.05) is 24.3 Å². The molecule has 0 bridgehead atoms. The molecule has 1 amide bonds. The highest BCUT2D eigenvalue weighted by molar-refractivity contribution is 8.00.